The number of ether oxygens (including phenoxy) is 1. The molecule has 3 aromatic heterocycles. The quantitative estimate of drug-likeness (QED) is 0.442. The van der Waals surface area contributed by atoms with Crippen molar-refractivity contribution in [3.8, 4) is 11.8 Å². The zero-order valence-corrected chi connectivity index (χ0v) is 19.9. The molecule has 29 heavy (non-hydrogen) atoms. The Kier molecular flexibility index (Phi) is 6.12. The Balaban J connectivity index is 1.98. The van der Waals surface area contributed by atoms with Crippen molar-refractivity contribution in [1.82, 2.24) is 14.6 Å². The first-order valence-corrected chi connectivity index (χ1v) is 13.1. The highest BCUT2D eigenvalue weighted by atomic mass is 79.9. The van der Waals surface area contributed by atoms with Gasteiger partial charge < -0.3 is 9.16 Å². The number of hydrogen-bond acceptors (Lipinski definition) is 5. The molecule has 3 aromatic rings. The largest absolute Gasteiger partial charge is 0.479 e. The summed E-state index contributed by atoms with van der Waals surface area (Å²) in [5.74, 6) is 0.558. The molecule has 0 spiro atoms. The van der Waals surface area contributed by atoms with Crippen LogP contribution in [-0.2, 0) is 4.43 Å². The smallest absolute Gasteiger partial charge is 0.192 e. The molecule has 0 fully saturated rings. The van der Waals surface area contributed by atoms with Crippen LogP contribution in [0.3, 0.4) is 0 Å². The number of hydrogen-bond donors (Lipinski definition) is 0. The Bertz CT molecular complexity index is 1040. The molecule has 0 N–H and O–H groups in total. The molecular formula is C21H25BrN4O2Si. The van der Waals surface area contributed by atoms with E-state index in [2.05, 4.69) is 65.9 Å². The lowest BCUT2D eigenvalue weighted by atomic mass is 10.2. The third kappa shape index (κ3) is 4.69. The minimum atomic E-state index is -1.97. The number of pyridine rings is 2. The second-order valence-electron chi connectivity index (χ2n) is 8.42. The second-order valence-corrected chi connectivity index (χ2v) is 14.1. The topological polar surface area (TPSA) is 72.4 Å². The molecule has 0 amide bonds. The highest BCUT2D eigenvalue weighted by Gasteiger charge is 2.38. The van der Waals surface area contributed by atoms with Crippen molar-refractivity contribution in [2.24, 2.45) is 0 Å². The maximum Gasteiger partial charge on any atom is 0.192 e. The Morgan fingerprint density at radius 2 is 2.07 bits per heavy atom. The normalized spacial score (nSPS) is 13.3. The molecular weight excluding hydrogens is 448 g/mol. The van der Waals surface area contributed by atoms with Gasteiger partial charge in [0.15, 0.2) is 14.4 Å². The van der Waals surface area contributed by atoms with Gasteiger partial charge >= 0.3 is 0 Å². The summed E-state index contributed by atoms with van der Waals surface area (Å²) in [6.45, 7) is 11.4. The molecule has 0 aromatic carbocycles. The molecule has 0 radical (unpaired) electrons. The first-order valence-electron chi connectivity index (χ1n) is 9.41. The summed E-state index contributed by atoms with van der Waals surface area (Å²) in [5, 5.41) is 13.8. The van der Waals surface area contributed by atoms with Crippen LogP contribution in [0.5, 0.6) is 5.75 Å². The highest BCUT2D eigenvalue weighted by molar-refractivity contribution is 9.10. The lowest BCUT2D eigenvalue weighted by Gasteiger charge is -2.37. The Morgan fingerprint density at radius 3 is 2.69 bits per heavy atom. The highest BCUT2D eigenvalue weighted by Crippen LogP contribution is 2.38. The van der Waals surface area contributed by atoms with Crippen LogP contribution in [0.15, 0.2) is 47.3 Å². The summed E-state index contributed by atoms with van der Waals surface area (Å²) in [6.07, 6.45) is 4.67. The maximum atomic E-state index is 9.47. The van der Waals surface area contributed by atoms with Crippen LogP contribution < -0.4 is 4.74 Å². The van der Waals surface area contributed by atoms with E-state index in [0.717, 1.165) is 10.2 Å². The maximum absolute atomic E-state index is 9.47. The summed E-state index contributed by atoms with van der Waals surface area (Å²) in [5.41, 5.74) is 1.86. The molecule has 6 nitrogen and oxygen atoms in total. The number of halogens is 1. The molecule has 0 aliphatic carbocycles. The molecule has 0 bridgehead atoms. The number of fused-ring (bicyclic) bond motifs is 1. The Hall–Kier alpha value is -2.21. The fourth-order valence-corrected chi connectivity index (χ4v) is 4.03. The molecule has 0 aliphatic rings. The summed E-state index contributed by atoms with van der Waals surface area (Å²) in [6, 6.07) is 9.76. The summed E-state index contributed by atoms with van der Waals surface area (Å²) >= 11 is 3.49. The van der Waals surface area contributed by atoms with E-state index in [1.54, 1.807) is 16.9 Å². The van der Waals surface area contributed by atoms with E-state index < -0.39 is 14.4 Å². The predicted octanol–water partition coefficient (Wildman–Crippen LogP) is 5.51. The van der Waals surface area contributed by atoms with E-state index >= 15 is 0 Å². The molecule has 152 valence electrons. The van der Waals surface area contributed by atoms with Gasteiger partial charge in [-0.3, -0.25) is 4.98 Å². The third-order valence-electron chi connectivity index (χ3n) is 5.35. The van der Waals surface area contributed by atoms with Gasteiger partial charge in [0.25, 0.3) is 0 Å². The van der Waals surface area contributed by atoms with Crippen molar-refractivity contribution in [3.63, 3.8) is 0 Å². The van der Waals surface area contributed by atoms with Gasteiger partial charge in [-0.25, -0.2) is 4.52 Å². The van der Waals surface area contributed by atoms with Gasteiger partial charge in [-0.1, -0.05) is 26.8 Å². The third-order valence-corrected chi connectivity index (χ3v) is 10.3. The zero-order valence-electron chi connectivity index (χ0n) is 17.3. The second kappa shape index (κ2) is 8.26. The molecule has 3 heterocycles. The van der Waals surface area contributed by atoms with Crippen molar-refractivity contribution in [2.45, 2.75) is 45.0 Å². The summed E-state index contributed by atoms with van der Waals surface area (Å²) in [7, 11) is -1.97. The fourth-order valence-electron chi connectivity index (χ4n) is 2.63. The monoisotopic (exact) mass is 472 g/mol. The molecule has 0 saturated carbocycles. The molecule has 1 unspecified atom stereocenters. The summed E-state index contributed by atoms with van der Waals surface area (Å²) < 4.78 is 15.3. The van der Waals surface area contributed by atoms with Crippen LogP contribution in [0, 0.1) is 11.3 Å². The predicted molar refractivity (Wildman–Crippen MR) is 118 cm³/mol. The van der Waals surface area contributed by atoms with Crippen LogP contribution >= 0.6 is 15.9 Å². The molecule has 0 aliphatic heterocycles. The lowest BCUT2D eigenvalue weighted by molar-refractivity contribution is 0.118. The SMILES string of the molecule is CC(C)(C)[Si](C)(C)OCC(Oc1cc(Br)cn2ncc(C#N)c12)c1ccccn1. The average Bonchev–Trinajstić information content (AvgIpc) is 3.07. The van der Waals surface area contributed by atoms with E-state index in [9.17, 15) is 5.26 Å². The van der Waals surface area contributed by atoms with Crippen LogP contribution in [-0.4, -0.2) is 29.5 Å². The minimum Gasteiger partial charge on any atom is -0.479 e. The van der Waals surface area contributed by atoms with Gasteiger partial charge in [0.2, 0.25) is 0 Å². The van der Waals surface area contributed by atoms with Crippen molar-refractivity contribution in [1.29, 1.82) is 5.26 Å². The lowest BCUT2D eigenvalue weighted by Crippen LogP contribution is -2.42. The van der Waals surface area contributed by atoms with Gasteiger partial charge in [0, 0.05) is 16.9 Å². The number of nitriles is 1. The van der Waals surface area contributed by atoms with Gasteiger partial charge in [0.1, 0.15) is 22.9 Å². The van der Waals surface area contributed by atoms with Crippen molar-refractivity contribution >= 4 is 29.8 Å². The van der Waals surface area contributed by atoms with Gasteiger partial charge in [-0.2, -0.15) is 10.4 Å². The van der Waals surface area contributed by atoms with E-state index in [4.69, 9.17) is 9.16 Å². The molecule has 0 saturated heterocycles. The molecule has 1 atom stereocenters. The van der Waals surface area contributed by atoms with Crippen LogP contribution in [0.25, 0.3) is 5.52 Å². The van der Waals surface area contributed by atoms with E-state index in [1.807, 2.05) is 24.3 Å². The van der Waals surface area contributed by atoms with Crippen LogP contribution in [0.4, 0.5) is 0 Å². The summed E-state index contributed by atoms with van der Waals surface area (Å²) in [4.78, 5) is 4.48. The minimum absolute atomic E-state index is 0.0874. The van der Waals surface area contributed by atoms with Gasteiger partial charge in [0.05, 0.1) is 18.5 Å². The van der Waals surface area contributed by atoms with Crippen molar-refractivity contribution in [3.05, 3.63) is 58.6 Å². The van der Waals surface area contributed by atoms with Crippen LogP contribution in [0.2, 0.25) is 18.1 Å². The number of aromatic nitrogens is 3. The van der Waals surface area contributed by atoms with Gasteiger partial charge in [-0.15, -0.1) is 0 Å². The molecule has 3 rings (SSSR count). The fraction of sp³-hybridized carbons (Fsp3) is 0.381. The van der Waals surface area contributed by atoms with E-state index in [1.165, 1.54) is 6.20 Å². The van der Waals surface area contributed by atoms with Crippen molar-refractivity contribution in [2.75, 3.05) is 6.61 Å². The van der Waals surface area contributed by atoms with E-state index in [0.29, 0.717) is 23.4 Å². The zero-order chi connectivity index (χ0) is 21.2. The van der Waals surface area contributed by atoms with Crippen LogP contribution in [0.1, 0.15) is 38.1 Å². The Morgan fingerprint density at radius 1 is 1.31 bits per heavy atom. The molecule has 8 heteroatoms. The first-order chi connectivity index (χ1) is 13.6. The average molecular weight is 473 g/mol. The standard InChI is InChI=1S/C21H25BrN4O2Si/c1-21(2,3)29(4,5)27-14-19(17-8-6-7-9-24-17)28-18-10-16(22)13-26-20(18)15(11-23)12-25-26/h6-10,12-13,19H,14H2,1-5H3. The number of rotatable bonds is 6. The van der Waals surface area contributed by atoms with Gasteiger partial charge in [-0.05, 0) is 52.3 Å². The number of nitrogens with zero attached hydrogens (tertiary/aromatic N) is 4. The van der Waals surface area contributed by atoms with E-state index in [-0.39, 0.29) is 5.04 Å². The van der Waals surface area contributed by atoms with Crippen molar-refractivity contribution < 1.29 is 9.16 Å². The first kappa shape index (κ1) is 21.5. The Labute approximate surface area is 180 Å².